The van der Waals surface area contributed by atoms with Crippen molar-refractivity contribution in [3.8, 4) is 11.3 Å². The second-order valence-corrected chi connectivity index (χ2v) is 6.71. The molecule has 2 N–H and O–H groups in total. The first-order valence-corrected chi connectivity index (χ1v) is 9.06. The molecule has 0 atom stereocenters. The van der Waals surface area contributed by atoms with Crippen LogP contribution in [0.1, 0.15) is 32.2 Å². The van der Waals surface area contributed by atoms with Crippen LogP contribution in [0.15, 0.2) is 42.7 Å². The van der Waals surface area contributed by atoms with Crippen molar-refractivity contribution < 1.29 is 9.59 Å². The molecular weight excluding hydrogens is 356 g/mol. The van der Waals surface area contributed by atoms with Gasteiger partial charge in [-0.05, 0) is 6.42 Å². The molecule has 8 nitrogen and oxygen atoms in total. The summed E-state index contributed by atoms with van der Waals surface area (Å²) in [5.74, 6) is -0.872. The number of aryl methyl sites for hydroxylation is 1. The number of hydrogen-bond acceptors (Lipinski definition) is 5. The number of hydrogen-bond donors (Lipinski definition) is 1. The van der Waals surface area contributed by atoms with Crippen molar-refractivity contribution in [1.29, 1.82) is 0 Å². The molecule has 0 saturated heterocycles. The maximum absolute atomic E-state index is 12.8. The van der Waals surface area contributed by atoms with Gasteiger partial charge in [0.05, 0.1) is 18.1 Å². The van der Waals surface area contributed by atoms with E-state index in [0.717, 1.165) is 17.0 Å². The van der Waals surface area contributed by atoms with Crippen LogP contribution in [0.5, 0.6) is 0 Å². The van der Waals surface area contributed by atoms with Crippen molar-refractivity contribution in [3.63, 3.8) is 0 Å². The molecule has 0 spiro atoms. The van der Waals surface area contributed by atoms with Crippen LogP contribution in [0.25, 0.3) is 11.3 Å². The maximum Gasteiger partial charge on any atom is 0.274 e. The lowest BCUT2D eigenvalue weighted by molar-refractivity contribution is 0.0755. The highest BCUT2D eigenvalue weighted by Gasteiger charge is 2.25. The molecular formula is C20H20N6O2. The third kappa shape index (κ3) is 3.24. The minimum absolute atomic E-state index is 0.0402. The Morgan fingerprint density at radius 2 is 1.68 bits per heavy atom. The second kappa shape index (κ2) is 7.22. The number of fused-ring (bicyclic) bond motifs is 1. The lowest BCUT2D eigenvalue weighted by Crippen LogP contribution is -2.34. The number of aromatic nitrogens is 4. The zero-order valence-corrected chi connectivity index (χ0v) is 15.5. The summed E-state index contributed by atoms with van der Waals surface area (Å²) in [4.78, 5) is 33.7. The molecule has 0 saturated carbocycles. The standard InChI is InChI=1S/C20H20N6O2/c1-25-17-8-10-26(20(28)16-12-22-15(11-23-16)19(21)27)9-7-14(17)18(24-25)13-5-3-2-4-6-13/h2-6,11-12H,7-10H2,1H3,(H2,21,27). The van der Waals surface area contributed by atoms with Crippen LogP contribution in [0.4, 0.5) is 0 Å². The first-order valence-electron chi connectivity index (χ1n) is 9.06. The molecule has 28 heavy (non-hydrogen) atoms. The van der Waals surface area contributed by atoms with E-state index >= 15 is 0 Å². The summed E-state index contributed by atoms with van der Waals surface area (Å²) in [6.07, 6.45) is 3.97. The lowest BCUT2D eigenvalue weighted by Gasteiger charge is -2.19. The Morgan fingerprint density at radius 1 is 1.00 bits per heavy atom. The quantitative estimate of drug-likeness (QED) is 0.739. The summed E-state index contributed by atoms with van der Waals surface area (Å²) in [5.41, 5.74) is 9.79. The van der Waals surface area contributed by atoms with Crippen molar-refractivity contribution in [1.82, 2.24) is 24.6 Å². The zero-order valence-electron chi connectivity index (χ0n) is 15.5. The van der Waals surface area contributed by atoms with E-state index in [2.05, 4.69) is 9.97 Å². The molecule has 8 heteroatoms. The van der Waals surface area contributed by atoms with Crippen molar-refractivity contribution in [2.75, 3.05) is 13.1 Å². The zero-order chi connectivity index (χ0) is 19.7. The number of benzene rings is 1. The molecule has 142 valence electrons. The summed E-state index contributed by atoms with van der Waals surface area (Å²) >= 11 is 0. The van der Waals surface area contributed by atoms with Crippen LogP contribution < -0.4 is 5.73 Å². The first kappa shape index (κ1) is 17.8. The number of carbonyl (C=O) groups is 2. The van der Waals surface area contributed by atoms with E-state index < -0.39 is 5.91 Å². The molecule has 0 aliphatic carbocycles. The van der Waals surface area contributed by atoms with E-state index in [9.17, 15) is 9.59 Å². The fourth-order valence-corrected chi connectivity index (χ4v) is 3.54. The van der Waals surface area contributed by atoms with Gasteiger partial charge in [0.2, 0.25) is 0 Å². The molecule has 1 aliphatic rings. The van der Waals surface area contributed by atoms with Gasteiger partial charge >= 0.3 is 0 Å². The van der Waals surface area contributed by atoms with Gasteiger partial charge in [-0.25, -0.2) is 9.97 Å². The Morgan fingerprint density at radius 3 is 2.36 bits per heavy atom. The molecule has 2 aromatic heterocycles. The predicted molar refractivity (Wildman–Crippen MR) is 103 cm³/mol. The fraction of sp³-hybridized carbons (Fsp3) is 0.250. The van der Waals surface area contributed by atoms with Crippen LogP contribution in [0.2, 0.25) is 0 Å². The SMILES string of the molecule is Cn1nc(-c2ccccc2)c2c1CCN(C(=O)c1cnc(C(N)=O)cn1)CC2. The van der Waals surface area contributed by atoms with Gasteiger partial charge in [0.15, 0.2) is 0 Å². The summed E-state index contributed by atoms with van der Waals surface area (Å²) in [5, 5.41) is 4.71. The predicted octanol–water partition coefficient (Wildman–Crippen LogP) is 1.22. The lowest BCUT2D eigenvalue weighted by atomic mass is 10.0. The summed E-state index contributed by atoms with van der Waals surface area (Å²) < 4.78 is 1.91. The number of carbonyl (C=O) groups excluding carboxylic acids is 2. The van der Waals surface area contributed by atoms with Crippen LogP contribution in [0, 0.1) is 0 Å². The Hall–Kier alpha value is -3.55. The average Bonchev–Trinajstić information content (AvgIpc) is 2.89. The van der Waals surface area contributed by atoms with Gasteiger partial charge in [-0.1, -0.05) is 30.3 Å². The average molecular weight is 376 g/mol. The third-order valence-corrected chi connectivity index (χ3v) is 4.98. The first-order chi connectivity index (χ1) is 13.5. The van der Waals surface area contributed by atoms with E-state index in [1.54, 1.807) is 4.90 Å². The number of amides is 2. The molecule has 4 rings (SSSR count). The van der Waals surface area contributed by atoms with Gasteiger partial charge < -0.3 is 10.6 Å². The summed E-state index contributed by atoms with van der Waals surface area (Å²) in [7, 11) is 1.94. The van der Waals surface area contributed by atoms with Gasteiger partial charge in [-0.3, -0.25) is 14.3 Å². The highest BCUT2D eigenvalue weighted by Crippen LogP contribution is 2.28. The normalized spacial score (nSPS) is 13.7. The Bertz CT molecular complexity index is 1030. The molecule has 1 aliphatic heterocycles. The van der Waals surface area contributed by atoms with Crippen molar-refractivity contribution >= 4 is 11.8 Å². The smallest absolute Gasteiger partial charge is 0.274 e. The van der Waals surface area contributed by atoms with Crippen LogP contribution >= 0.6 is 0 Å². The van der Waals surface area contributed by atoms with Gasteiger partial charge in [0, 0.05) is 43.4 Å². The molecule has 0 unspecified atom stereocenters. The highest BCUT2D eigenvalue weighted by molar-refractivity contribution is 5.94. The number of primary amides is 1. The molecule has 0 radical (unpaired) electrons. The maximum atomic E-state index is 12.8. The van der Waals surface area contributed by atoms with E-state index in [1.165, 1.54) is 18.0 Å². The van der Waals surface area contributed by atoms with Gasteiger partial charge in [-0.15, -0.1) is 0 Å². The molecule has 2 amide bonds. The Kier molecular flexibility index (Phi) is 4.60. The fourth-order valence-electron chi connectivity index (χ4n) is 3.54. The van der Waals surface area contributed by atoms with Gasteiger partial charge in [0.25, 0.3) is 11.8 Å². The molecule has 0 bridgehead atoms. The second-order valence-electron chi connectivity index (χ2n) is 6.71. The van der Waals surface area contributed by atoms with Crippen LogP contribution in [-0.4, -0.2) is 49.6 Å². The van der Waals surface area contributed by atoms with Crippen molar-refractivity contribution in [2.24, 2.45) is 12.8 Å². The minimum atomic E-state index is -0.669. The van der Waals surface area contributed by atoms with Gasteiger partial charge in [0.1, 0.15) is 11.4 Å². The van der Waals surface area contributed by atoms with Crippen molar-refractivity contribution in [2.45, 2.75) is 12.8 Å². The number of nitrogens with zero attached hydrogens (tertiary/aromatic N) is 5. The number of rotatable bonds is 3. The summed E-state index contributed by atoms with van der Waals surface area (Å²) in [6, 6.07) is 10.1. The van der Waals surface area contributed by atoms with E-state index in [0.29, 0.717) is 25.9 Å². The van der Waals surface area contributed by atoms with Gasteiger partial charge in [-0.2, -0.15) is 5.10 Å². The van der Waals surface area contributed by atoms with E-state index in [-0.39, 0.29) is 17.3 Å². The van der Waals surface area contributed by atoms with Crippen molar-refractivity contribution in [3.05, 3.63) is 65.4 Å². The Balaban J connectivity index is 1.56. The molecule has 0 fully saturated rings. The number of nitrogens with two attached hydrogens (primary N) is 1. The monoisotopic (exact) mass is 376 g/mol. The van der Waals surface area contributed by atoms with E-state index in [1.807, 2.05) is 42.1 Å². The van der Waals surface area contributed by atoms with Crippen LogP contribution in [-0.2, 0) is 19.9 Å². The van der Waals surface area contributed by atoms with Crippen LogP contribution in [0.3, 0.4) is 0 Å². The van der Waals surface area contributed by atoms with E-state index in [4.69, 9.17) is 10.8 Å². The molecule has 3 heterocycles. The largest absolute Gasteiger partial charge is 0.364 e. The topological polar surface area (TPSA) is 107 Å². The Labute approximate surface area is 162 Å². The molecule has 3 aromatic rings. The summed E-state index contributed by atoms with van der Waals surface area (Å²) in [6.45, 7) is 1.13. The molecule has 1 aromatic carbocycles. The third-order valence-electron chi connectivity index (χ3n) is 4.98. The minimum Gasteiger partial charge on any atom is -0.364 e. The highest BCUT2D eigenvalue weighted by atomic mass is 16.2.